The molecule has 0 saturated carbocycles. The highest BCUT2D eigenvalue weighted by atomic mass is 32.1. The van der Waals surface area contributed by atoms with Crippen LogP contribution in [0.5, 0.6) is 17.2 Å². The topological polar surface area (TPSA) is 111 Å². The summed E-state index contributed by atoms with van der Waals surface area (Å²) in [6.45, 7) is 0.339. The Morgan fingerprint density at radius 3 is 2.29 bits per heavy atom. The van der Waals surface area contributed by atoms with E-state index in [1.54, 1.807) is 51.8 Å². The van der Waals surface area contributed by atoms with Crippen molar-refractivity contribution in [3.63, 3.8) is 0 Å². The number of amides is 2. The summed E-state index contributed by atoms with van der Waals surface area (Å²) < 4.78 is 17.4. The summed E-state index contributed by atoms with van der Waals surface area (Å²) in [6.07, 6.45) is 1.58. The number of pyridine rings is 1. The lowest BCUT2D eigenvalue weighted by molar-refractivity contribution is 0.238. The van der Waals surface area contributed by atoms with Crippen molar-refractivity contribution in [2.45, 2.75) is 6.54 Å². The van der Waals surface area contributed by atoms with E-state index < -0.39 is 6.03 Å². The Hall–Kier alpha value is -4.25. The number of rotatable bonds is 8. The SMILES string of the molecule is COc1cc(Nc2cnc3ccc(NC(=O)N(S)Cc4ccccc4)nc3n2)cc(OC)c1OC. The molecule has 0 unspecified atom stereocenters. The Morgan fingerprint density at radius 2 is 1.63 bits per heavy atom. The van der Waals surface area contributed by atoms with E-state index in [9.17, 15) is 4.79 Å². The summed E-state index contributed by atoms with van der Waals surface area (Å²) in [4.78, 5) is 25.9. The Labute approximate surface area is 207 Å². The van der Waals surface area contributed by atoms with Crippen molar-refractivity contribution in [3.8, 4) is 17.2 Å². The summed E-state index contributed by atoms with van der Waals surface area (Å²) in [5, 5.41) is 5.90. The Kier molecular flexibility index (Phi) is 7.36. The zero-order chi connectivity index (χ0) is 24.8. The smallest absolute Gasteiger partial charge is 0.333 e. The number of nitrogens with zero attached hydrogens (tertiary/aromatic N) is 4. The van der Waals surface area contributed by atoms with Crippen LogP contribution in [0.4, 0.5) is 22.1 Å². The van der Waals surface area contributed by atoms with E-state index in [-0.39, 0.29) is 0 Å². The minimum atomic E-state index is -0.413. The molecule has 2 amide bonds. The number of carbonyl (C=O) groups excluding carboxylic acids is 1. The minimum absolute atomic E-state index is 0.328. The fraction of sp³-hybridized carbons (Fsp3) is 0.167. The first kappa shape index (κ1) is 23.9. The van der Waals surface area contributed by atoms with Crippen LogP contribution in [0, 0.1) is 0 Å². The summed E-state index contributed by atoms with van der Waals surface area (Å²) in [6, 6.07) is 16.0. The third-order valence-electron chi connectivity index (χ3n) is 4.99. The molecule has 11 heteroatoms. The largest absolute Gasteiger partial charge is 0.493 e. The monoisotopic (exact) mass is 492 g/mol. The third-order valence-corrected chi connectivity index (χ3v) is 5.31. The predicted octanol–water partition coefficient (Wildman–Crippen LogP) is 4.67. The summed E-state index contributed by atoms with van der Waals surface area (Å²) in [5.74, 6) is 2.25. The van der Waals surface area contributed by atoms with E-state index in [4.69, 9.17) is 14.2 Å². The number of anilines is 3. The van der Waals surface area contributed by atoms with Crippen molar-refractivity contribution in [1.82, 2.24) is 19.3 Å². The van der Waals surface area contributed by atoms with Crippen molar-refractivity contribution in [1.29, 1.82) is 0 Å². The Balaban J connectivity index is 1.52. The Bertz CT molecular complexity index is 1310. The molecule has 0 spiro atoms. The molecule has 4 rings (SSSR count). The van der Waals surface area contributed by atoms with Crippen LogP contribution in [0.3, 0.4) is 0 Å². The number of aromatic nitrogens is 3. The van der Waals surface area contributed by atoms with Crippen LogP contribution < -0.4 is 24.8 Å². The van der Waals surface area contributed by atoms with Gasteiger partial charge < -0.3 is 19.5 Å². The molecular formula is C24H24N6O4S. The lowest BCUT2D eigenvalue weighted by Gasteiger charge is -2.16. The second-order valence-corrected chi connectivity index (χ2v) is 7.79. The van der Waals surface area contributed by atoms with Crippen LogP contribution in [-0.4, -0.2) is 46.6 Å². The van der Waals surface area contributed by atoms with Gasteiger partial charge in [-0.25, -0.2) is 19.7 Å². The number of urea groups is 1. The highest BCUT2D eigenvalue weighted by molar-refractivity contribution is 7.78. The van der Waals surface area contributed by atoms with Gasteiger partial charge in [-0.15, -0.1) is 0 Å². The van der Waals surface area contributed by atoms with Crippen molar-refractivity contribution in [3.05, 3.63) is 66.4 Å². The van der Waals surface area contributed by atoms with Gasteiger partial charge in [-0.1, -0.05) is 43.1 Å². The van der Waals surface area contributed by atoms with Gasteiger partial charge in [-0.05, 0) is 17.7 Å². The van der Waals surface area contributed by atoms with Crippen molar-refractivity contribution in [2.24, 2.45) is 0 Å². The lowest BCUT2D eigenvalue weighted by atomic mass is 10.2. The second-order valence-electron chi connectivity index (χ2n) is 7.31. The van der Waals surface area contributed by atoms with Gasteiger partial charge in [0.15, 0.2) is 23.0 Å². The van der Waals surface area contributed by atoms with Gasteiger partial charge in [0.05, 0.1) is 34.1 Å². The van der Waals surface area contributed by atoms with Crippen molar-refractivity contribution in [2.75, 3.05) is 32.0 Å². The molecule has 4 aromatic rings. The molecule has 10 nitrogen and oxygen atoms in total. The molecule has 0 radical (unpaired) electrons. The van der Waals surface area contributed by atoms with E-state index in [1.165, 1.54) is 4.31 Å². The van der Waals surface area contributed by atoms with Gasteiger partial charge in [0.25, 0.3) is 0 Å². The summed E-state index contributed by atoms with van der Waals surface area (Å²) in [7, 11) is 4.63. The number of fused-ring (bicyclic) bond motifs is 1. The van der Waals surface area contributed by atoms with E-state index >= 15 is 0 Å². The number of hydrogen-bond acceptors (Lipinski definition) is 9. The maximum absolute atomic E-state index is 12.6. The maximum Gasteiger partial charge on any atom is 0.333 e. The molecule has 0 bridgehead atoms. The normalized spacial score (nSPS) is 10.5. The highest BCUT2D eigenvalue weighted by Crippen LogP contribution is 2.40. The number of methoxy groups -OCH3 is 3. The highest BCUT2D eigenvalue weighted by Gasteiger charge is 2.15. The van der Waals surface area contributed by atoms with Crippen LogP contribution in [0.2, 0.25) is 0 Å². The van der Waals surface area contributed by atoms with Gasteiger partial charge in [-0.2, -0.15) is 0 Å². The molecule has 2 heterocycles. The van der Waals surface area contributed by atoms with Crippen LogP contribution in [0.25, 0.3) is 11.2 Å². The van der Waals surface area contributed by atoms with Crippen LogP contribution in [0.15, 0.2) is 60.8 Å². The quantitative estimate of drug-likeness (QED) is 0.304. The van der Waals surface area contributed by atoms with Gasteiger partial charge >= 0.3 is 6.03 Å². The van der Waals surface area contributed by atoms with Crippen molar-refractivity contribution < 1.29 is 19.0 Å². The molecule has 180 valence electrons. The fourth-order valence-corrected chi connectivity index (χ4v) is 3.54. The number of nitrogens with one attached hydrogen (secondary N) is 2. The lowest BCUT2D eigenvalue weighted by Crippen LogP contribution is -2.27. The fourth-order valence-electron chi connectivity index (χ4n) is 3.33. The van der Waals surface area contributed by atoms with Gasteiger partial charge in [0.1, 0.15) is 11.3 Å². The first-order valence-corrected chi connectivity index (χ1v) is 10.9. The Morgan fingerprint density at radius 1 is 0.943 bits per heavy atom. The summed E-state index contributed by atoms with van der Waals surface area (Å²) >= 11 is 4.28. The molecule has 2 aromatic carbocycles. The average Bonchev–Trinajstić information content (AvgIpc) is 2.88. The molecule has 0 atom stereocenters. The molecular weight excluding hydrogens is 468 g/mol. The molecule has 0 aliphatic rings. The molecule has 0 aliphatic carbocycles. The first-order chi connectivity index (χ1) is 17.0. The first-order valence-electron chi connectivity index (χ1n) is 10.5. The maximum atomic E-state index is 12.6. The van der Waals surface area contributed by atoms with Crippen LogP contribution >= 0.6 is 12.8 Å². The van der Waals surface area contributed by atoms with E-state index in [1.807, 2.05) is 30.3 Å². The second kappa shape index (κ2) is 10.8. The van der Waals surface area contributed by atoms with Gasteiger partial charge in [0.2, 0.25) is 5.75 Å². The van der Waals surface area contributed by atoms with Crippen LogP contribution in [-0.2, 0) is 6.54 Å². The zero-order valence-corrected chi connectivity index (χ0v) is 20.2. The molecule has 0 saturated heterocycles. The van der Waals surface area contributed by atoms with E-state index in [0.29, 0.717) is 52.3 Å². The average molecular weight is 493 g/mol. The number of carbonyl (C=O) groups is 1. The number of benzene rings is 2. The van der Waals surface area contributed by atoms with Gasteiger partial charge in [0, 0.05) is 17.8 Å². The van der Waals surface area contributed by atoms with Crippen molar-refractivity contribution >= 4 is 47.3 Å². The van der Waals surface area contributed by atoms with Crippen LogP contribution in [0.1, 0.15) is 5.56 Å². The van der Waals surface area contributed by atoms with E-state index in [2.05, 4.69) is 38.4 Å². The third kappa shape index (κ3) is 5.64. The minimum Gasteiger partial charge on any atom is -0.493 e. The molecule has 2 aromatic heterocycles. The molecule has 0 aliphatic heterocycles. The van der Waals surface area contributed by atoms with Gasteiger partial charge in [-0.3, -0.25) is 9.62 Å². The number of thiol groups is 1. The molecule has 35 heavy (non-hydrogen) atoms. The predicted molar refractivity (Wildman–Crippen MR) is 137 cm³/mol. The number of ether oxygens (including phenoxy) is 3. The zero-order valence-electron chi connectivity index (χ0n) is 19.3. The number of hydrogen-bond donors (Lipinski definition) is 3. The summed E-state index contributed by atoms with van der Waals surface area (Å²) in [5.41, 5.74) is 2.54. The molecule has 2 N–H and O–H groups in total. The van der Waals surface area contributed by atoms with E-state index in [0.717, 1.165) is 5.56 Å². The molecule has 0 fully saturated rings. The standard InChI is InChI=1S/C24H24N6O4S/c1-32-18-11-16(12-19(33-2)22(18)34-3)26-21-13-25-17-9-10-20(27-23(17)28-21)29-24(31)30(35)14-15-7-5-4-6-8-15/h4-13,35H,14H2,1-3H3,(H2,26,27,28,29,31).